The standard InChI is InChI=1S/C29H19ClN4O2S/c1-18(24-16-9-17-36-24)31-29-33-25(19-10-3-2-4-11-19)26(37-29)27-32-22-14-7-5-12-20(22)28(35)34(27)23-15-8-6-13-21(23)30/h2-17H,1H3. The third-order valence-electron chi connectivity index (χ3n) is 5.88. The van der Waals surface area contributed by atoms with Crippen molar-refractivity contribution in [3.63, 3.8) is 0 Å². The summed E-state index contributed by atoms with van der Waals surface area (Å²) in [5.41, 5.74) is 3.19. The second kappa shape index (κ2) is 9.61. The van der Waals surface area contributed by atoms with Crippen molar-refractivity contribution < 1.29 is 4.42 Å². The van der Waals surface area contributed by atoms with Crippen LogP contribution in [0.15, 0.2) is 111 Å². The molecule has 0 unspecified atom stereocenters. The van der Waals surface area contributed by atoms with Crippen molar-refractivity contribution in [1.82, 2.24) is 14.5 Å². The largest absolute Gasteiger partial charge is 0.463 e. The monoisotopic (exact) mass is 522 g/mol. The molecule has 6 rings (SSSR count). The molecule has 0 aliphatic carbocycles. The van der Waals surface area contributed by atoms with Gasteiger partial charge in [-0.3, -0.25) is 9.36 Å². The molecule has 0 radical (unpaired) electrons. The first-order valence-electron chi connectivity index (χ1n) is 11.5. The van der Waals surface area contributed by atoms with Gasteiger partial charge in [0, 0.05) is 5.56 Å². The van der Waals surface area contributed by atoms with Crippen LogP contribution in [0.2, 0.25) is 5.02 Å². The topological polar surface area (TPSA) is 73.3 Å². The average molecular weight is 523 g/mol. The summed E-state index contributed by atoms with van der Waals surface area (Å²) in [5.74, 6) is 1.11. The zero-order valence-electron chi connectivity index (χ0n) is 19.6. The first kappa shape index (κ1) is 23.1. The molecule has 0 fully saturated rings. The van der Waals surface area contributed by atoms with Crippen LogP contribution in [0, 0.1) is 0 Å². The predicted octanol–water partition coefficient (Wildman–Crippen LogP) is 7.56. The molecule has 3 aromatic heterocycles. The number of nitrogens with zero attached hydrogens (tertiary/aromatic N) is 4. The van der Waals surface area contributed by atoms with Crippen LogP contribution >= 0.6 is 22.9 Å². The summed E-state index contributed by atoms with van der Waals surface area (Å²) >= 11 is 7.96. The Morgan fingerprint density at radius 3 is 2.46 bits per heavy atom. The van der Waals surface area contributed by atoms with Crippen molar-refractivity contribution in [1.29, 1.82) is 0 Å². The maximum absolute atomic E-state index is 13.9. The molecule has 6 aromatic rings. The Morgan fingerprint density at radius 2 is 1.68 bits per heavy atom. The van der Waals surface area contributed by atoms with E-state index in [0.29, 0.717) is 54.6 Å². The lowest BCUT2D eigenvalue weighted by Gasteiger charge is -2.14. The van der Waals surface area contributed by atoms with E-state index in [2.05, 4.69) is 0 Å². The number of hydrogen-bond acceptors (Lipinski definition) is 6. The minimum atomic E-state index is -0.210. The SMILES string of the molecule is CC(=Nc1nc(-c2ccccc2)c(-c2nc3ccccc3c(=O)n2-c2ccccc2Cl)s1)c1ccco1. The van der Waals surface area contributed by atoms with Crippen molar-refractivity contribution in [2.75, 3.05) is 0 Å². The molecule has 6 nitrogen and oxygen atoms in total. The predicted molar refractivity (Wildman–Crippen MR) is 149 cm³/mol. The lowest BCUT2D eigenvalue weighted by atomic mass is 10.1. The van der Waals surface area contributed by atoms with Gasteiger partial charge in [0.15, 0.2) is 5.82 Å². The molecule has 0 aliphatic rings. The second-order valence-electron chi connectivity index (χ2n) is 8.26. The van der Waals surface area contributed by atoms with Gasteiger partial charge in [0.05, 0.1) is 39.3 Å². The highest BCUT2D eigenvalue weighted by Gasteiger charge is 2.23. The number of rotatable bonds is 5. The van der Waals surface area contributed by atoms with Crippen molar-refractivity contribution in [2.45, 2.75) is 6.92 Å². The lowest BCUT2D eigenvalue weighted by Crippen LogP contribution is -2.22. The highest BCUT2D eigenvalue weighted by Crippen LogP contribution is 2.40. The van der Waals surface area contributed by atoms with E-state index in [0.717, 1.165) is 5.56 Å². The van der Waals surface area contributed by atoms with Crippen LogP contribution < -0.4 is 5.56 Å². The van der Waals surface area contributed by atoms with Crippen LogP contribution in [0.1, 0.15) is 12.7 Å². The Labute approximate surface area is 221 Å². The number of thiazole rings is 1. The molecule has 180 valence electrons. The number of halogens is 1. The normalized spacial score (nSPS) is 11.8. The Kier molecular flexibility index (Phi) is 6.00. The fourth-order valence-electron chi connectivity index (χ4n) is 4.12. The third-order valence-corrected chi connectivity index (χ3v) is 7.14. The van der Waals surface area contributed by atoms with Gasteiger partial charge in [0.25, 0.3) is 5.56 Å². The Hall–Kier alpha value is -4.33. The molecular weight excluding hydrogens is 504 g/mol. The maximum Gasteiger partial charge on any atom is 0.266 e. The molecule has 0 amide bonds. The molecule has 0 bridgehead atoms. The summed E-state index contributed by atoms with van der Waals surface area (Å²) in [4.78, 5) is 29.1. The molecule has 37 heavy (non-hydrogen) atoms. The van der Waals surface area contributed by atoms with Crippen molar-refractivity contribution >= 4 is 44.7 Å². The molecule has 0 saturated heterocycles. The summed E-state index contributed by atoms with van der Waals surface area (Å²) < 4.78 is 7.07. The Bertz CT molecular complexity index is 1820. The molecular formula is C29H19ClN4O2S. The molecule has 0 N–H and O–H groups in total. The summed E-state index contributed by atoms with van der Waals surface area (Å²) in [6.45, 7) is 1.87. The van der Waals surface area contributed by atoms with Crippen LogP contribution in [-0.2, 0) is 0 Å². The molecule has 3 heterocycles. The average Bonchev–Trinajstić information content (AvgIpc) is 3.61. The number of para-hydroxylation sites is 2. The van der Waals surface area contributed by atoms with Crippen LogP contribution in [0.3, 0.4) is 0 Å². The quantitative estimate of drug-likeness (QED) is 0.219. The summed E-state index contributed by atoms with van der Waals surface area (Å²) in [5, 5.41) is 1.47. The van der Waals surface area contributed by atoms with Gasteiger partial charge in [-0.05, 0) is 43.3 Å². The number of aromatic nitrogens is 3. The van der Waals surface area contributed by atoms with Gasteiger partial charge in [-0.15, -0.1) is 0 Å². The highest BCUT2D eigenvalue weighted by atomic mass is 35.5. The Balaban J connectivity index is 1.67. The zero-order valence-corrected chi connectivity index (χ0v) is 21.2. The second-order valence-corrected chi connectivity index (χ2v) is 9.64. The maximum atomic E-state index is 13.9. The number of furan rings is 1. The number of fused-ring (bicyclic) bond motifs is 1. The first-order valence-corrected chi connectivity index (χ1v) is 12.7. The fourth-order valence-corrected chi connectivity index (χ4v) is 5.34. The van der Waals surface area contributed by atoms with Crippen molar-refractivity contribution in [3.8, 4) is 27.6 Å². The lowest BCUT2D eigenvalue weighted by molar-refractivity contribution is 0.557. The van der Waals surface area contributed by atoms with Crippen LogP contribution in [-0.4, -0.2) is 20.2 Å². The summed E-state index contributed by atoms with van der Waals surface area (Å²) in [6.07, 6.45) is 1.61. The van der Waals surface area contributed by atoms with E-state index >= 15 is 0 Å². The first-order chi connectivity index (χ1) is 18.1. The van der Waals surface area contributed by atoms with Gasteiger partial charge in [-0.1, -0.05) is 77.5 Å². The van der Waals surface area contributed by atoms with E-state index in [-0.39, 0.29) is 5.56 Å². The van der Waals surface area contributed by atoms with E-state index in [9.17, 15) is 4.79 Å². The van der Waals surface area contributed by atoms with Crippen molar-refractivity contribution in [2.24, 2.45) is 4.99 Å². The van der Waals surface area contributed by atoms with Gasteiger partial charge in [-0.25, -0.2) is 15.0 Å². The summed E-state index contributed by atoms with van der Waals surface area (Å²) in [7, 11) is 0. The number of hydrogen-bond donors (Lipinski definition) is 0. The van der Waals surface area contributed by atoms with E-state index < -0.39 is 0 Å². The third kappa shape index (κ3) is 4.28. The van der Waals surface area contributed by atoms with Crippen LogP contribution in [0.4, 0.5) is 5.13 Å². The summed E-state index contributed by atoms with van der Waals surface area (Å²) in [6, 6.07) is 28.0. The number of aliphatic imine (C=N–C) groups is 1. The van der Waals surface area contributed by atoms with Gasteiger partial charge >= 0.3 is 0 Å². The fraction of sp³-hybridized carbons (Fsp3) is 0.0345. The minimum Gasteiger partial charge on any atom is -0.463 e. The smallest absolute Gasteiger partial charge is 0.266 e. The molecule has 8 heteroatoms. The molecule has 0 aliphatic heterocycles. The number of benzene rings is 3. The minimum absolute atomic E-state index is 0.210. The molecule has 3 aromatic carbocycles. The van der Waals surface area contributed by atoms with Gasteiger partial charge in [0.2, 0.25) is 5.13 Å². The van der Waals surface area contributed by atoms with Crippen molar-refractivity contribution in [3.05, 3.63) is 118 Å². The van der Waals surface area contributed by atoms with E-state index in [1.165, 1.54) is 11.3 Å². The zero-order chi connectivity index (χ0) is 25.4. The van der Waals surface area contributed by atoms with E-state index in [1.807, 2.05) is 85.8 Å². The molecule has 0 atom stereocenters. The molecule has 0 spiro atoms. The van der Waals surface area contributed by atoms with Crippen LogP contribution in [0.5, 0.6) is 0 Å². The van der Waals surface area contributed by atoms with E-state index in [4.69, 9.17) is 31.0 Å². The highest BCUT2D eigenvalue weighted by molar-refractivity contribution is 7.19. The van der Waals surface area contributed by atoms with Gasteiger partial charge in [-0.2, -0.15) is 0 Å². The van der Waals surface area contributed by atoms with Crippen LogP contribution in [0.25, 0.3) is 38.5 Å². The van der Waals surface area contributed by atoms with E-state index in [1.54, 1.807) is 23.0 Å². The Morgan fingerprint density at radius 1 is 0.919 bits per heavy atom. The molecule has 0 saturated carbocycles. The van der Waals surface area contributed by atoms with Gasteiger partial charge < -0.3 is 4.42 Å². The van der Waals surface area contributed by atoms with Gasteiger partial charge in [0.1, 0.15) is 10.6 Å².